The molecule has 0 unspecified atom stereocenters. The van der Waals surface area contributed by atoms with Gasteiger partial charge in [0.05, 0.1) is 5.56 Å². The van der Waals surface area contributed by atoms with Gasteiger partial charge >= 0.3 is 6.18 Å². The minimum absolute atomic E-state index is 0.316. The van der Waals surface area contributed by atoms with Crippen LogP contribution in [0.3, 0.4) is 0 Å². The van der Waals surface area contributed by atoms with Gasteiger partial charge in [-0.15, -0.1) is 0 Å². The lowest BCUT2D eigenvalue weighted by atomic mass is 10.1. The minimum Gasteiger partial charge on any atom is -0.327 e. The van der Waals surface area contributed by atoms with Crippen molar-refractivity contribution < 1.29 is 13.2 Å². The number of nitrogens with two attached hydrogens (primary N) is 1. The van der Waals surface area contributed by atoms with Gasteiger partial charge in [0.25, 0.3) is 0 Å². The summed E-state index contributed by atoms with van der Waals surface area (Å²) in [5.41, 5.74) is 5.05. The van der Waals surface area contributed by atoms with E-state index in [1.807, 2.05) is 0 Å². The second-order valence-electron chi connectivity index (χ2n) is 2.76. The maximum absolute atomic E-state index is 12.2. The first-order chi connectivity index (χ1) is 6.54. The first-order valence-electron chi connectivity index (χ1n) is 4.08. The molecule has 0 aliphatic carbocycles. The molecule has 0 spiro atoms. The average Bonchev–Trinajstić information content (AvgIpc) is 2.14. The maximum atomic E-state index is 12.2. The highest BCUT2D eigenvalue weighted by atomic mass is 19.4. The van der Waals surface area contributed by atoms with Crippen LogP contribution in [0.5, 0.6) is 0 Å². The molecule has 0 saturated heterocycles. The zero-order valence-electron chi connectivity index (χ0n) is 7.38. The molecule has 0 radical (unpaired) electrons. The molecule has 1 nitrogen and oxygen atoms in total. The molecule has 2 N–H and O–H groups in total. The van der Waals surface area contributed by atoms with Crippen LogP contribution in [0.2, 0.25) is 0 Å². The van der Waals surface area contributed by atoms with Gasteiger partial charge in [-0.3, -0.25) is 0 Å². The van der Waals surface area contributed by atoms with Crippen LogP contribution in [0, 0.1) is 0 Å². The van der Waals surface area contributed by atoms with Crippen molar-refractivity contribution in [3.05, 3.63) is 41.5 Å². The van der Waals surface area contributed by atoms with Gasteiger partial charge in [-0.1, -0.05) is 24.3 Å². The van der Waals surface area contributed by atoms with Crippen LogP contribution in [0.15, 0.2) is 30.3 Å². The van der Waals surface area contributed by atoms with E-state index in [0.29, 0.717) is 12.1 Å². The van der Waals surface area contributed by atoms with Crippen LogP contribution in [0.4, 0.5) is 13.2 Å². The molecular weight excluding hydrogens is 191 g/mol. The number of alkyl halides is 3. The minimum atomic E-state index is -4.29. The SMILES string of the molecule is NC/C=C/c1cccc(C(F)(F)F)c1. The summed E-state index contributed by atoms with van der Waals surface area (Å²) < 4.78 is 36.7. The summed E-state index contributed by atoms with van der Waals surface area (Å²) in [6.45, 7) is 0.316. The predicted molar refractivity (Wildman–Crippen MR) is 49.5 cm³/mol. The monoisotopic (exact) mass is 201 g/mol. The van der Waals surface area contributed by atoms with Gasteiger partial charge < -0.3 is 5.73 Å². The van der Waals surface area contributed by atoms with Crippen LogP contribution >= 0.6 is 0 Å². The van der Waals surface area contributed by atoms with E-state index < -0.39 is 11.7 Å². The Hall–Kier alpha value is -1.29. The lowest BCUT2D eigenvalue weighted by Crippen LogP contribution is -2.04. The van der Waals surface area contributed by atoms with Gasteiger partial charge in [-0.05, 0) is 17.7 Å². The smallest absolute Gasteiger partial charge is 0.327 e. The fraction of sp³-hybridized carbons (Fsp3) is 0.200. The number of hydrogen-bond donors (Lipinski definition) is 1. The fourth-order valence-electron chi connectivity index (χ4n) is 1.02. The van der Waals surface area contributed by atoms with Crippen molar-refractivity contribution in [2.45, 2.75) is 6.18 Å². The Bertz CT molecular complexity index is 328. The molecule has 76 valence electrons. The molecular formula is C10H10F3N. The van der Waals surface area contributed by atoms with Crippen LogP contribution < -0.4 is 5.73 Å². The van der Waals surface area contributed by atoms with Gasteiger partial charge in [-0.2, -0.15) is 13.2 Å². The summed E-state index contributed by atoms with van der Waals surface area (Å²) in [4.78, 5) is 0. The van der Waals surface area contributed by atoms with Crippen LogP contribution in [-0.2, 0) is 6.18 Å². The molecule has 1 aromatic rings. The van der Waals surface area contributed by atoms with E-state index in [-0.39, 0.29) is 0 Å². The first kappa shape index (κ1) is 10.8. The topological polar surface area (TPSA) is 26.0 Å². The summed E-state index contributed by atoms with van der Waals surface area (Å²) in [6, 6.07) is 5.10. The van der Waals surface area contributed by atoms with Gasteiger partial charge in [0.2, 0.25) is 0 Å². The molecule has 0 amide bonds. The third-order valence-corrected chi connectivity index (χ3v) is 1.66. The lowest BCUT2D eigenvalue weighted by Gasteiger charge is -2.06. The normalized spacial score (nSPS) is 12.3. The van der Waals surface area contributed by atoms with Gasteiger partial charge in [0.15, 0.2) is 0 Å². The Kier molecular flexibility index (Phi) is 3.30. The van der Waals surface area contributed by atoms with E-state index >= 15 is 0 Å². The lowest BCUT2D eigenvalue weighted by molar-refractivity contribution is -0.137. The first-order valence-corrected chi connectivity index (χ1v) is 4.08. The van der Waals surface area contributed by atoms with Crippen LogP contribution in [0.1, 0.15) is 11.1 Å². The van der Waals surface area contributed by atoms with Gasteiger partial charge in [-0.25, -0.2) is 0 Å². The van der Waals surface area contributed by atoms with E-state index in [2.05, 4.69) is 0 Å². The standard InChI is InChI=1S/C10H10F3N/c11-10(12,13)9-5-1-3-8(7-9)4-2-6-14/h1-5,7H,6,14H2/b4-2+. The van der Waals surface area contributed by atoms with Crippen molar-refractivity contribution in [1.82, 2.24) is 0 Å². The highest BCUT2D eigenvalue weighted by Gasteiger charge is 2.30. The Morgan fingerprint density at radius 1 is 1.29 bits per heavy atom. The molecule has 1 rings (SSSR count). The fourth-order valence-corrected chi connectivity index (χ4v) is 1.02. The number of rotatable bonds is 2. The zero-order valence-corrected chi connectivity index (χ0v) is 7.38. The van der Waals surface area contributed by atoms with Crippen molar-refractivity contribution >= 4 is 6.08 Å². The molecule has 1 aromatic carbocycles. The molecule has 14 heavy (non-hydrogen) atoms. The van der Waals surface area contributed by atoms with Gasteiger partial charge in [0, 0.05) is 6.54 Å². The van der Waals surface area contributed by atoms with Crippen molar-refractivity contribution in [2.75, 3.05) is 6.54 Å². The molecule has 0 aliphatic rings. The zero-order chi connectivity index (χ0) is 10.6. The molecule has 0 aliphatic heterocycles. The van der Waals surface area contributed by atoms with Gasteiger partial charge in [0.1, 0.15) is 0 Å². The molecule has 0 fully saturated rings. The van der Waals surface area contributed by atoms with E-state index in [4.69, 9.17) is 5.73 Å². The Balaban J connectivity index is 2.96. The van der Waals surface area contributed by atoms with Crippen molar-refractivity contribution in [2.24, 2.45) is 5.73 Å². The highest BCUT2D eigenvalue weighted by Crippen LogP contribution is 2.29. The number of benzene rings is 1. The summed E-state index contributed by atoms with van der Waals surface area (Å²) in [6.07, 6.45) is -1.11. The van der Waals surface area contributed by atoms with Crippen LogP contribution in [0.25, 0.3) is 6.08 Å². The van der Waals surface area contributed by atoms with E-state index in [1.165, 1.54) is 6.07 Å². The summed E-state index contributed by atoms with van der Waals surface area (Å²) in [7, 11) is 0. The second-order valence-corrected chi connectivity index (χ2v) is 2.76. The third-order valence-electron chi connectivity index (χ3n) is 1.66. The van der Waals surface area contributed by atoms with E-state index in [9.17, 15) is 13.2 Å². The Morgan fingerprint density at radius 2 is 2.00 bits per heavy atom. The van der Waals surface area contributed by atoms with E-state index in [1.54, 1.807) is 18.2 Å². The molecule has 0 bridgehead atoms. The Morgan fingerprint density at radius 3 is 2.57 bits per heavy atom. The Labute approximate surface area is 80.0 Å². The molecule has 4 heteroatoms. The van der Waals surface area contributed by atoms with Crippen molar-refractivity contribution in [3.63, 3.8) is 0 Å². The predicted octanol–water partition coefficient (Wildman–Crippen LogP) is 2.68. The number of halogens is 3. The van der Waals surface area contributed by atoms with E-state index in [0.717, 1.165) is 12.1 Å². The molecule has 0 heterocycles. The largest absolute Gasteiger partial charge is 0.416 e. The van der Waals surface area contributed by atoms with Crippen molar-refractivity contribution in [3.8, 4) is 0 Å². The summed E-state index contributed by atoms with van der Waals surface area (Å²) in [5.74, 6) is 0. The highest BCUT2D eigenvalue weighted by molar-refractivity contribution is 5.50. The van der Waals surface area contributed by atoms with Crippen molar-refractivity contribution in [1.29, 1.82) is 0 Å². The quantitative estimate of drug-likeness (QED) is 0.782. The molecule has 0 atom stereocenters. The molecule has 0 aromatic heterocycles. The third kappa shape index (κ3) is 2.88. The molecule has 0 saturated carbocycles. The average molecular weight is 201 g/mol. The number of hydrogen-bond acceptors (Lipinski definition) is 1. The summed E-state index contributed by atoms with van der Waals surface area (Å²) >= 11 is 0. The maximum Gasteiger partial charge on any atom is 0.416 e. The summed E-state index contributed by atoms with van der Waals surface area (Å²) in [5, 5.41) is 0. The second kappa shape index (κ2) is 4.28. The van der Waals surface area contributed by atoms with Crippen LogP contribution in [-0.4, -0.2) is 6.54 Å².